The Hall–Kier alpha value is -2.54. The van der Waals surface area contributed by atoms with E-state index in [-0.39, 0.29) is 24.4 Å². The van der Waals surface area contributed by atoms with Gasteiger partial charge in [0, 0.05) is 38.0 Å². The first kappa shape index (κ1) is 16.3. The Balaban J connectivity index is 1.77. The Morgan fingerprint density at radius 3 is 2.83 bits per heavy atom. The average Bonchev–Trinajstić information content (AvgIpc) is 3.18. The van der Waals surface area contributed by atoms with Gasteiger partial charge >= 0.3 is 6.09 Å². The third kappa shape index (κ3) is 2.94. The van der Waals surface area contributed by atoms with Crippen LogP contribution in [-0.2, 0) is 11.3 Å². The summed E-state index contributed by atoms with van der Waals surface area (Å²) < 4.78 is 11.0. The molecule has 1 aromatic carbocycles. The van der Waals surface area contributed by atoms with Crippen LogP contribution in [0.1, 0.15) is 22.5 Å². The summed E-state index contributed by atoms with van der Waals surface area (Å²) in [4.78, 5) is 27.3. The predicted octanol–water partition coefficient (Wildman–Crippen LogP) is 1.84. The number of carbonyl (C=O) groups is 2. The van der Waals surface area contributed by atoms with Gasteiger partial charge in [0.05, 0.1) is 13.2 Å². The number of hydrogen-bond donors (Lipinski definition) is 1. The van der Waals surface area contributed by atoms with Crippen molar-refractivity contribution in [3.8, 4) is 0 Å². The third-order valence-electron chi connectivity index (χ3n) is 4.12. The maximum absolute atomic E-state index is 12.7. The topological polar surface area (TPSA) is 83.2 Å². The first-order chi connectivity index (χ1) is 11.5. The van der Waals surface area contributed by atoms with Crippen LogP contribution in [0.25, 0.3) is 11.0 Å². The van der Waals surface area contributed by atoms with Crippen molar-refractivity contribution in [2.75, 3.05) is 27.2 Å². The van der Waals surface area contributed by atoms with Gasteiger partial charge in [0.15, 0.2) is 5.76 Å². The van der Waals surface area contributed by atoms with E-state index in [2.05, 4.69) is 0 Å². The molecule has 1 aliphatic heterocycles. The minimum atomic E-state index is -0.422. The molecule has 3 rings (SSSR count). The zero-order chi connectivity index (χ0) is 17.3. The number of benzene rings is 1. The van der Waals surface area contributed by atoms with Crippen LogP contribution in [0.4, 0.5) is 4.79 Å². The van der Waals surface area contributed by atoms with Crippen molar-refractivity contribution in [3.05, 3.63) is 35.6 Å². The Morgan fingerprint density at radius 2 is 2.12 bits per heavy atom. The van der Waals surface area contributed by atoms with Gasteiger partial charge in [0.25, 0.3) is 5.91 Å². The summed E-state index contributed by atoms with van der Waals surface area (Å²) in [5.41, 5.74) is 1.06. The molecule has 1 aromatic heterocycles. The molecule has 24 heavy (non-hydrogen) atoms. The highest BCUT2D eigenvalue weighted by molar-refractivity contribution is 5.99. The molecule has 2 aromatic rings. The van der Waals surface area contributed by atoms with Crippen molar-refractivity contribution in [1.82, 2.24) is 9.80 Å². The van der Waals surface area contributed by atoms with Crippen molar-refractivity contribution in [2.45, 2.75) is 19.1 Å². The van der Waals surface area contributed by atoms with Gasteiger partial charge < -0.3 is 24.1 Å². The van der Waals surface area contributed by atoms with Crippen LogP contribution in [0.5, 0.6) is 0 Å². The summed E-state index contributed by atoms with van der Waals surface area (Å²) >= 11 is 0. The van der Waals surface area contributed by atoms with Crippen LogP contribution in [0, 0.1) is 0 Å². The highest BCUT2D eigenvalue weighted by atomic mass is 16.6. The van der Waals surface area contributed by atoms with Crippen LogP contribution in [0.2, 0.25) is 0 Å². The molecule has 0 saturated carbocycles. The summed E-state index contributed by atoms with van der Waals surface area (Å²) in [6.45, 7) is 0.525. The second-order valence-electron chi connectivity index (χ2n) is 6.00. The van der Waals surface area contributed by atoms with Gasteiger partial charge in [0.2, 0.25) is 0 Å². The van der Waals surface area contributed by atoms with Crippen molar-refractivity contribution in [3.63, 3.8) is 0 Å². The monoisotopic (exact) mass is 332 g/mol. The highest BCUT2D eigenvalue weighted by Crippen LogP contribution is 2.28. The predicted molar refractivity (Wildman–Crippen MR) is 86.6 cm³/mol. The molecule has 1 fully saturated rings. The maximum Gasteiger partial charge on any atom is 0.409 e. The van der Waals surface area contributed by atoms with Crippen molar-refractivity contribution >= 4 is 23.0 Å². The van der Waals surface area contributed by atoms with E-state index in [0.717, 1.165) is 5.39 Å². The molecule has 1 atom stereocenters. The summed E-state index contributed by atoms with van der Waals surface area (Å²) in [6.07, 6.45) is -0.167. The Kier molecular flexibility index (Phi) is 4.44. The maximum atomic E-state index is 12.7. The number of fused-ring (bicyclic) bond motifs is 1. The van der Waals surface area contributed by atoms with Gasteiger partial charge in [-0.1, -0.05) is 18.2 Å². The minimum absolute atomic E-state index is 0.151. The molecule has 1 saturated heterocycles. The van der Waals surface area contributed by atoms with E-state index in [9.17, 15) is 14.7 Å². The molecular weight excluding hydrogens is 312 g/mol. The number of nitrogens with zero attached hydrogens (tertiary/aromatic N) is 2. The molecule has 7 nitrogen and oxygen atoms in total. The number of ether oxygens (including phenoxy) is 1. The lowest BCUT2D eigenvalue weighted by molar-refractivity contribution is 0.0645. The first-order valence-corrected chi connectivity index (χ1v) is 7.79. The van der Waals surface area contributed by atoms with Crippen LogP contribution in [0.3, 0.4) is 0 Å². The van der Waals surface area contributed by atoms with Gasteiger partial charge in [-0.3, -0.25) is 4.79 Å². The molecule has 2 heterocycles. The van der Waals surface area contributed by atoms with E-state index in [0.29, 0.717) is 30.7 Å². The van der Waals surface area contributed by atoms with Crippen molar-refractivity contribution in [2.24, 2.45) is 0 Å². The van der Waals surface area contributed by atoms with Crippen molar-refractivity contribution < 1.29 is 23.8 Å². The molecule has 0 aliphatic carbocycles. The molecule has 0 radical (unpaired) electrons. The minimum Gasteiger partial charge on any atom is -0.451 e. The zero-order valence-corrected chi connectivity index (χ0v) is 13.7. The number of rotatable bonds is 3. The quantitative estimate of drug-likeness (QED) is 0.927. The number of furan rings is 1. The van der Waals surface area contributed by atoms with Gasteiger partial charge in [0.1, 0.15) is 11.7 Å². The lowest BCUT2D eigenvalue weighted by Crippen LogP contribution is -2.33. The number of hydrogen-bond acceptors (Lipinski definition) is 5. The highest BCUT2D eigenvalue weighted by Gasteiger charge is 2.32. The number of carbonyl (C=O) groups excluding carboxylic acids is 2. The third-order valence-corrected chi connectivity index (χ3v) is 4.12. The zero-order valence-electron chi connectivity index (χ0n) is 13.7. The average molecular weight is 332 g/mol. The molecule has 0 spiro atoms. The summed E-state index contributed by atoms with van der Waals surface area (Å²) in [5.74, 6) is -0.142. The first-order valence-electron chi connectivity index (χ1n) is 7.79. The normalized spacial score (nSPS) is 17.3. The molecule has 0 bridgehead atoms. The van der Waals surface area contributed by atoms with Gasteiger partial charge in [-0.2, -0.15) is 0 Å². The second-order valence-corrected chi connectivity index (χ2v) is 6.00. The number of para-hydroxylation sites is 1. The Bertz CT molecular complexity index is 767. The van der Waals surface area contributed by atoms with E-state index in [1.807, 2.05) is 18.2 Å². The molecule has 7 heteroatoms. The SMILES string of the molecule is CN(C)C(=O)OC1CCN(C(=O)c2oc3ccccc3c2CO)C1. The second kappa shape index (κ2) is 6.52. The Morgan fingerprint density at radius 1 is 1.38 bits per heavy atom. The smallest absolute Gasteiger partial charge is 0.409 e. The fraction of sp³-hybridized carbons (Fsp3) is 0.412. The lowest BCUT2D eigenvalue weighted by atomic mass is 10.1. The summed E-state index contributed by atoms with van der Waals surface area (Å²) in [7, 11) is 3.23. The van der Waals surface area contributed by atoms with E-state index in [1.165, 1.54) is 4.90 Å². The number of amides is 2. The van der Waals surface area contributed by atoms with Gasteiger partial charge in [-0.15, -0.1) is 0 Å². The summed E-state index contributed by atoms with van der Waals surface area (Å²) in [5, 5.41) is 10.4. The number of aliphatic hydroxyl groups is 1. The number of aliphatic hydroxyl groups excluding tert-OH is 1. The van der Waals surface area contributed by atoms with E-state index >= 15 is 0 Å². The Labute approximate surface area is 139 Å². The van der Waals surface area contributed by atoms with E-state index < -0.39 is 6.09 Å². The van der Waals surface area contributed by atoms with Crippen LogP contribution >= 0.6 is 0 Å². The molecular formula is C17H20N2O5. The molecule has 1 N–H and O–H groups in total. The molecule has 2 amide bonds. The van der Waals surface area contributed by atoms with Crippen LogP contribution in [0.15, 0.2) is 28.7 Å². The number of likely N-dealkylation sites (tertiary alicyclic amines) is 1. The molecule has 1 aliphatic rings. The fourth-order valence-electron chi connectivity index (χ4n) is 2.83. The van der Waals surface area contributed by atoms with E-state index in [1.54, 1.807) is 25.1 Å². The largest absolute Gasteiger partial charge is 0.451 e. The van der Waals surface area contributed by atoms with Crippen molar-refractivity contribution in [1.29, 1.82) is 0 Å². The van der Waals surface area contributed by atoms with Gasteiger partial charge in [-0.05, 0) is 6.07 Å². The molecule has 128 valence electrons. The standard InChI is InChI=1S/C17H20N2O5/c1-18(2)17(22)23-11-7-8-19(9-11)16(21)15-13(10-20)12-5-3-4-6-14(12)24-15/h3-6,11,20H,7-10H2,1-2H3. The van der Waals surface area contributed by atoms with E-state index in [4.69, 9.17) is 9.15 Å². The molecule has 1 unspecified atom stereocenters. The fourth-order valence-corrected chi connectivity index (χ4v) is 2.83. The van der Waals surface area contributed by atoms with Crippen LogP contribution in [-0.4, -0.2) is 60.2 Å². The van der Waals surface area contributed by atoms with Gasteiger partial charge in [-0.25, -0.2) is 4.79 Å². The van der Waals surface area contributed by atoms with Crippen LogP contribution < -0.4 is 0 Å². The lowest BCUT2D eigenvalue weighted by Gasteiger charge is -2.17. The summed E-state index contributed by atoms with van der Waals surface area (Å²) in [6, 6.07) is 7.22.